The first kappa shape index (κ1) is 13.2. The first-order valence-corrected chi connectivity index (χ1v) is 6.82. The average Bonchev–Trinajstić information content (AvgIpc) is 2.30. The van der Waals surface area contributed by atoms with Crippen LogP contribution in [0.5, 0.6) is 0 Å². The molecule has 1 fully saturated rings. The van der Waals surface area contributed by atoms with Crippen molar-refractivity contribution < 1.29 is 4.79 Å². The maximum absolute atomic E-state index is 12.6. The fraction of sp³-hybridized carbons (Fsp3) is 0.667. The SMILES string of the molecule is Cc1cc(C(=O)C2CC(C)CC(C)C2)c(C)nn1. The zero-order chi connectivity index (χ0) is 13.3. The summed E-state index contributed by atoms with van der Waals surface area (Å²) >= 11 is 0. The molecule has 1 saturated carbocycles. The molecule has 0 radical (unpaired) electrons. The molecule has 0 saturated heterocycles. The van der Waals surface area contributed by atoms with Crippen LogP contribution in [0.3, 0.4) is 0 Å². The van der Waals surface area contributed by atoms with Crippen LogP contribution in [0.1, 0.15) is 54.9 Å². The van der Waals surface area contributed by atoms with Crippen molar-refractivity contribution in [1.29, 1.82) is 0 Å². The molecule has 0 amide bonds. The van der Waals surface area contributed by atoms with Gasteiger partial charge in [-0.2, -0.15) is 10.2 Å². The van der Waals surface area contributed by atoms with Crippen LogP contribution >= 0.6 is 0 Å². The van der Waals surface area contributed by atoms with E-state index < -0.39 is 0 Å². The van der Waals surface area contributed by atoms with Crippen molar-refractivity contribution >= 4 is 5.78 Å². The van der Waals surface area contributed by atoms with Gasteiger partial charge in [0, 0.05) is 11.5 Å². The summed E-state index contributed by atoms with van der Waals surface area (Å²) < 4.78 is 0. The molecule has 0 aromatic carbocycles. The van der Waals surface area contributed by atoms with Crippen molar-refractivity contribution in [2.45, 2.75) is 47.0 Å². The van der Waals surface area contributed by atoms with Gasteiger partial charge in [0.2, 0.25) is 0 Å². The Kier molecular flexibility index (Phi) is 3.79. The quantitative estimate of drug-likeness (QED) is 0.752. The van der Waals surface area contributed by atoms with E-state index in [0.29, 0.717) is 11.8 Å². The molecule has 2 rings (SSSR count). The third-order valence-electron chi connectivity index (χ3n) is 3.92. The number of hydrogen-bond acceptors (Lipinski definition) is 3. The molecular formula is C15H22N2O. The molecule has 3 heteroatoms. The maximum Gasteiger partial charge on any atom is 0.167 e. The van der Waals surface area contributed by atoms with Crippen LogP contribution in [-0.2, 0) is 0 Å². The van der Waals surface area contributed by atoms with E-state index in [1.165, 1.54) is 6.42 Å². The third-order valence-corrected chi connectivity index (χ3v) is 3.92. The first-order chi connectivity index (χ1) is 8.47. The van der Waals surface area contributed by atoms with Crippen molar-refractivity contribution in [1.82, 2.24) is 10.2 Å². The summed E-state index contributed by atoms with van der Waals surface area (Å²) in [5, 5.41) is 8.06. The standard InChI is InChI=1S/C15H22N2O/c1-9-5-10(2)7-13(6-9)15(18)14-8-11(3)16-17-12(14)4/h8-10,13H,5-7H2,1-4H3. The monoisotopic (exact) mass is 246 g/mol. The van der Waals surface area contributed by atoms with Crippen molar-refractivity contribution in [3.63, 3.8) is 0 Å². The van der Waals surface area contributed by atoms with Crippen LogP contribution < -0.4 is 0 Å². The van der Waals surface area contributed by atoms with Gasteiger partial charge in [0.15, 0.2) is 5.78 Å². The van der Waals surface area contributed by atoms with E-state index in [1.807, 2.05) is 19.9 Å². The molecule has 0 aliphatic heterocycles. The Bertz CT molecular complexity index is 446. The molecule has 1 aliphatic carbocycles. The maximum atomic E-state index is 12.6. The first-order valence-electron chi connectivity index (χ1n) is 6.82. The number of hydrogen-bond donors (Lipinski definition) is 0. The Hall–Kier alpha value is -1.25. The van der Waals surface area contributed by atoms with Gasteiger partial charge < -0.3 is 0 Å². The third kappa shape index (κ3) is 2.77. The van der Waals surface area contributed by atoms with E-state index in [4.69, 9.17) is 0 Å². The minimum Gasteiger partial charge on any atom is -0.294 e. The van der Waals surface area contributed by atoms with Gasteiger partial charge >= 0.3 is 0 Å². The van der Waals surface area contributed by atoms with Gasteiger partial charge in [0.25, 0.3) is 0 Å². The van der Waals surface area contributed by atoms with Crippen LogP contribution in [-0.4, -0.2) is 16.0 Å². The second kappa shape index (κ2) is 5.17. The summed E-state index contributed by atoms with van der Waals surface area (Å²) in [6.45, 7) is 8.25. The molecule has 2 atom stereocenters. The van der Waals surface area contributed by atoms with E-state index in [0.717, 1.165) is 29.8 Å². The van der Waals surface area contributed by atoms with E-state index in [2.05, 4.69) is 24.0 Å². The number of nitrogens with zero attached hydrogens (tertiary/aromatic N) is 2. The lowest BCUT2D eigenvalue weighted by Gasteiger charge is -2.30. The van der Waals surface area contributed by atoms with Gasteiger partial charge in [-0.15, -0.1) is 0 Å². The molecule has 1 aromatic rings. The second-order valence-electron chi connectivity index (χ2n) is 5.96. The lowest BCUT2D eigenvalue weighted by atomic mass is 9.74. The van der Waals surface area contributed by atoms with Crippen molar-refractivity contribution in [2.75, 3.05) is 0 Å². The molecule has 1 aromatic heterocycles. The Morgan fingerprint density at radius 3 is 2.33 bits per heavy atom. The zero-order valence-corrected chi connectivity index (χ0v) is 11.7. The fourth-order valence-corrected chi connectivity index (χ4v) is 3.18. The van der Waals surface area contributed by atoms with E-state index in [9.17, 15) is 4.79 Å². The lowest BCUT2D eigenvalue weighted by Crippen LogP contribution is -2.26. The summed E-state index contributed by atoms with van der Waals surface area (Å²) in [5.74, 6) is 1.74. The average molecular weight is 246 g/mol. The highest BCUT2D eigenvalue weighted by Crippen LogP contribution is 2.34. The number of carbonyl (C=O) groups excluding carboxylic acids is 1. The highest BCUT2D eigenvalue weighted by atomic mass is 16.1. The Labute approximate surface area is 109 Å². The number of aryl methyl sites for hydroxylation is 2. The van der Waals surface area contributed by atoms with Crippen LogP contribution in [0.15, 0.2) is 6.07 Å². The molecule has 1 heterocycles. The highest BCUT2D eigenvalue weighted by Gasteiger charge is 2.30. The van der Waals surface area contributed by atoms with E-state index >= 15 is 0 Å². The van der Waals surface area contributed by atoms with Crippen LogP contribution in [0, 0.1) is 31.6 Å². The molecule has 0 bridgehead atoms. The smallest absolute Gasteiger partial charge is 0.167 e. The normalized spacial score (nSPS) is 28.1. The summed E-state index contributed by atoms with van der Waals surface area (Å²) in [4.78, 5) is 12.6. The number of aromatic nitrogens is 2. The molecular weight excluding hydrogens is 224 g/mol. The Morgan fingerprint density at radius 1 is 1.11 bits per heavy atom. The summed E-state index contributed by atoms with van der Waals surface area (Å²) in [7, 11) is 0. The van der Waals surface area contributed by atoms with Gasteiger partial charge in [0.05, 0.1) is 11.4 Å². The number of carbonyl (C=O) groups is 1. The molecule has 2 unspecified atom stereocenters. The van der Waals surface area contributed by atoms with Crippen molar-refractivity contribution in [3.05, 3.63) is 23.0 Å². The zero-order valence-electron chi connectivity index (χ0n) is 11.7. The second-order valence-corrected chi connectivity index (χ2v) is 5.96. The van der Waals surface area contributed by atoms with Gasteiger partial charge in [-0.3, -0.25) is 4.79 Å². The Balaban J connectivity index is 2.22. The molecule has 18 heavy (non-hydrogen) atoms. The number of ketones is 1. The predicted molar refractivity (Wildman–Crippen MR) is 71.5 cm³/mol. The molecule has 1 aliphatic rings. The molecule has 0 spiro atoms. The van der Waals surface area contributed by atoms with Gasteiger partial charge in [-0.1, -0.05) is 13.8 Å². The van der Waals surface area contributed by atoms with Gasteiger partial charge in [-0.05, 0) is 51.0 Å². The van der Waals surface area contributed by atoms with Crippen molar-refractivity contribution in [3.8, 4) is 0 Å². The van der Waals surface area contributed by atoms with Gasteiger partial charge in [-0.25, -0.2) is 0 Å². The van der Waals surface area contributed by atoms with Crippen LogP contribution in [0.25, 0.3) is 0 Å². The summed E-state index contributed by atoms with van der Waals surface area (Å²) in [6.07, 6.45) is 3.28. The highest BCUT2D eigenvalue weighted by molar-refractivity contribution is 5.98. The van der Waals surface area contributed by atoms with Crippen LogP contribution in [0.4, 0.5) is 0 Å². The topological polar surface area (TPSA) is 42.9 Å². The summed E-state index contributed by atoms with van der Waals surface area (Å²) in [5.41, 5.74) is 2.35. The Morgan fingerprint density at radius 2 is 1.72 bits per heavy atom. The summed E-state index contributed by atoms with van der Waals surface area (Å²) in [6, 6.07) is 1.88. The van der Waals surface area contributed by atoms with Gasteiger partial charge in [0.1, 0.15) is 0 Å². The minimum atomic E-state index is 0.172. The minimum absolute atomic E-state index is 0.172. The number of rotatable bonds is 2. The van der Waals surface area contributed by atoms with E-state index in [1.54, 1.807) is 0 Å². The molecule has 0 N–H and O–H groups in total. The lowest BCUT2D eigenvalue weighted by molar-refractivity contribution is 0.0834. The predicted octanol–water partition coefficient (Wildman–Crippen LogP) is 3.35. The molecule has 98 valence electrons. The number of Topliss-reactive ketones (excluding diaryl/α,β-unsaturated/α-hetero) is 1. The van der Waals surface area contributed by atoms with Crippen molar-refractivity contribution in [2.24, 2.45) is 17.8 Å². The largest absolute Gasteiger partial charge is 0.294 e. The van der Waals surface area contributed by atoms with Crippen LogP contribution in [0.2, 0.25) is 0 Å². The van der Waals surface area contributed by atoms with E-state index in [-0.39, 0.29) is 11.7 Å². The fourth-order valence-electron chi connectivity index (χ4n) is 3.18. The molecule has 3 nitrogen and oxygen atoms in total.